The predicted molar refractivity (Wildman–Crippen MR) is 94.3 cm³/mol. The Labute approximate surface area is 141 Å². The molecule has 24 heavy (non-hydrogen) atoms. The molecule has 4 nitrogen and oxygen atoms in total. The van der Waals surface area contributed by atoms with E-state index in [1.807, 2.05) is 48.5 Å². The molecular formula is C20H20N2O2. The Morgan fingerprint density at radius 3 is 2.42 bits per heavy atom. The number of nitrogens with one attached hydrogen (secondary N) is 1. The fourth-order valence-corrected chi connectivity index (χ4v) is 3.95. The molecule has 0 heterocycles. The van der Waals surface area contributed by atoms with Crippen molar-refractivity contribution in [1.29, 1.82) is 0 Å². The zero-order valence-corrected chi connectivity index (χ0v) is 13.4. The molecule has 0 atom stereocenters. The summed E-state index contributed by atoms with van der Waals surface area (Å²) in [5.74, 6) is 0.337. The summed E-state index contributed by atoms with van der Waals surface area (Å²) < 4.78 is 0. The average Bonchev–Trinajstić information content (AvgIpc) is 2.52. The van der Waals surface area contributed by atoms with E-state index in [4.69, 9.17) is 5.73 Å². The molecule has 2 aliphatic rings. The van der Waals surface area contributed by atoms with E-state index in [0.29, 0.717) is 30.0 Å². The number of rotatable bonds is 3. The normalized spacial score (nSPS) is 18.8. The molecule has 3 N–H and O–H groups in total. The predicted octanol–water partition coefficient (Wildman–Crippen LogP) is 3.63. The van der Waals surface area contributed by atoms with E-state index < -0.39 is 0 Å². The van der Waals surface area contributed by atoms with E-state index in [1.165, 1.54) is 0 Å². The number of nitrogens with two attached hydrogens (primary N) is 1. The molecule has 2 aliphatic carbocycles. The largest absolute Gasteiger partial charge is 0.397 e. The molecule has 2 aromatic rings. The van der Waals surface area contributed by atoms with Crippen LogP contribution in [0.2, 0.25) is 0 Å². The van der Waals surface area contributed by atoms with Crippen molar-refractivity contribution in [3.63, 3.8) is 0 Å². The maximum atomic E-state index is 12.5. The third-order valence-electron chi connectivity index (χ3n) is 5.29. The third kappa shape index (κ3) is 2.58. The van der Waals surface area contributed by atoms with Crippen LogP contribution in [0.3, 0.4) is 0 Å². The molecule has 2 saturated carbocycles. The van der Waals surface area contributed by atoms with Crippen molar-refractivity contribution in [1.82, 2.24) is 0 Å². The minimum Gasteiger partial charge on any atom is -0.397 e. The van der Waals surface area contributed by atoms with Gasteiger partial charge in [-0.05, 0) is 41.5 Å². The fraction of sp³-hybridized carbons (Fsp3) is 0.300. The van der Waals surface area contributed by atoms with Gasteiger partial charge in [-0.3, -0.25) is 9.59 Å². The summed E-state index contributed by atoms with van der Waals surface area (Å²) in [5.41, 5.74) is 9.49. The van der Waals surface area contributed by atoms with E-state index in [1.54, 1.807) is 0 Å². The third-order valence-corrected chi connectivity index (χ3v) is 5.29. The molecule has 0 aliphatic heterocycles. The van der Waals surface area contributed by atoms with E-state index in [2.05, 4.69) is 5.32 Å². The molecule has 0 unspecified atom stereocenters. The van der Waals surface area contributed by atoms with Crippen LogP contribution in [-0.4, -0.2) is 11.7 Å². The van der Waals surface area contributed by atoms with Gasteiger partial charge in [0.25, 0.3) is 0 Å². The smallest absolute Gasteiger partial charge is 0.227 e. The second kappa shape index (κ2) is 5.48. The van der Waals surface area contributed by atoms with Crippen LogP contribution in [0.15, 0.2) is 48.5 Å². The number of anilines is 2. The Hall–Kier alpha value is -2.62. The Kier molecular flexibility index (Phi) is 3.41. The summed E-state index contributed by atoms with van der Waals surface area (Å²) in [7, 11) is 0. The van der Waals surface area contributed by atoms with Crippen molar-refractivity contribution in [2.45, 2.75) is 25.7 Å². The van der Waals surface area contributed by atoms with E-state index >= 15 is 0 Å². The standard InChI is InChI=1S/C20H20N2O2/c21-17-7-6-14(13-4-2-1-3-5-13)8-18(17)22-19(24)15-9-20(10-15)11-16(23)12-20/h1-8,15H,9-12,21H2,(H,22,24). The van der Waals surface area contributed by atoms with Crippen molar-refractivity contribution in [3.05, 3.63) is 48.5 Å². The van der Waals surface area contributed by atoms with Crippen LogP contribution >= 0.6 is 0 Å². The molecule has 122 valence electrons. The minimum atomic E-state index is -0.00196. The summed E-state index contributed by atoms with van der Waals surface area (Å²) >= 11 is 0. The SMILES string of the molecule is Nc1ccc(-c2ccccc2)cc1NC(=O)C1CC2(CC(=O)C2)C1. The van der Waals surface area contributed by atoms with Crippen molar-refractivity contribution >= 4 is 23.1 Å². The maximum Gasteiger partial charge on any atom is 0.227 e. The summed E-state index contributed by atoms with van der Waals surface area (Å²) in [6.45, 7) is 0. The lowest BCUT2D eigenvalue weighted by Gasteiger charge is -2.52. The minimum absolute atomic E-state index is 0.00196. The second-order valence-corrected chi connectivity index (χ2v) is 7.15. The zero-order valence-electron chi connectivity index (χ0n) is 13.4. The quantitative estimate of drug-likeness (QED) is 0.848. The summed E-state index contributed by atoms with van der Waals surface area (Å²) in [6.07, 6.45) is 2.95. The van der Waals surface area contributed by atoms with Crippen LogP contribution < -0.4 is 11.1 Å². The Bertz CT molecular complexity index is 798. The Morgan fingerprint density at radius 1 is 1.04 bits per heavy atom. The number of hydrogen-bond acceptors (Lipinski definition) is 3. The number of hydrogen-bond donors (Lipinski definition) is 2. The summed E-state index contributed by atoms with van der Waals surface area (Å²) in [5, 5.41) is 2.97. The van der Waals surface area contributed by atoms with Crippen LogP contribution in [0.4, 0.5) is 11.4 Å². The number of ketones is 1. The highest BCUT2D eigenvalue weighted by atomic mass is 16.2. The first-order valence-electron chi connectivity index (χ1n) is 8.32. The molecule has 0 bridgehead atoms. The van der Waals surface area contributed by atoms with Gasteiger partial charge in [0.15, 0.2) is 0 Å². The molecule has 1 spiro atoms. The van der Waals surface area contributed by atoms with Crippen LogP contribution in [0, 0.1) is 11.3 Å². The molecule has 0 aromatic heterocycles. The number of carbonyl (C=O) groups is 2. The van der Waals surface area contributed by atoms with Gasteiger partial charge >= 0.3 is 0 Å². The first kappa shape index (κ1) is 14.9. The van der Waals surface area contributed by atoms with E-state index in [9.17, 15) is 9.59 Å². The van der Waals surface area contributed by atoms with Gasteiger partial charge in [-0.1, -0.05) is 36.4 Å². The number of benzene rings is 2. The molecule has 2 aromatic carbocycles. The van der Waals surface area contributed by atoms with Crippen molar-refractivity contribution < 1.29 is 9.59 Å². The van der Waals surface area contributed by atoms with Gasteiger partial charge < -0.3 is 11.1 Å². The van der Waals surface area contributed by atoms with Crippen LogP contribution in [0.5, 0.6) is 0 Å². The summed E-state index contributed by atoms with van der Waals surface area (Å²) in [4.78, 5) is 23.6. The van der Waals surface area contributed by atoms with E-state index in [0.717, 1.165) is 24.0 Å². The first-order valence-corrected chi connectivity index (χ1v) is 8.32. The zero-order chi connectivity index (χ0) is 16.7. The van der Waals surface area contributed by atoms with Gasteiger partial charge in [0, 0.05) is 18.8 Å². The molecule has 2 fully saturated rings. The van der Waals surface area contributed by atoms with Gasteiger partial charge in [-0.15, -0.1) is 0 Å². The Balaban J connectivity index is 1.46. The van der Waals surface area contributed by atoms with Crippen molar-refractivity contribution in [2.24, 2.45) is 11.3 Å². The first-order chi connectivity index (χ1) is 11.5. The maximum absolute atomic E-state index is 12.5. The topological polar surface area (TPSA) is 72.2 Å². The average molecular weight is 320 g/mol. The number of carbonyl (C=O) groups excluding carboxylic acids is 2. The van der Waals surface area contributed by atoms with Crippen LogP contribution in [0.1, 0.15) is 25.7 Å². The second-order valence-electron chi connectivity index (χ2n) is 7.15. The van der Waals surface area contributed by atoms with Gasteiger partial charge in [0.1, 0.15) is 5.78 Å². The molecule has 4 rings (SSSR count). The van der Waals surface area contributed by atoms with Gasteiger partial charge in [0.05, 0.1) is 11.4 Å². The van der Waals surface area contributed by atoms with Crippen molar-refractivity contribution in [2.75, 3.05) is 11.1 Å². The lowest BCUT2D eigenvalue weighted by Crippen LogP contribution is -2.51. The molecule has 4 heteroatoms. The van der Waals surface area contributed by atoms with Gasteiger partial charge in [0.2, 0.25) is 5.91 Å². The molecule has 0 radical (unpaired) electrons. The number of Topliss-reactive ketones (excluding diaryl/α,β-unsaturated/α-hetero) is 1. The molecular weight excluding hydrogens is 300 g/mol. The Morgan fingerprint density at radius 2 is 1.75 bits per heavy atom. The lowest BCUT2D eigenvalue weighted by atomic mass is 9.51. The highest BCUT2D eigenvalue weighted by Crippen LogP contribution is 2.57. The van der Waals surface area contributed by atoms with Gasteiger partial charge in [-0.25, -0.2) is 0 Å². The number of amides is 1. The van der Waals surface area contributed by atoms with Crippen LogP contribution in [0.25, 0.3) is 11.1 Å². The van der Waals surface area contributed by atoms with Crippen LogP contribution in [-0.2, 0) is 9.59 Å². The highest BCUT2D eigenvalue weighted by molar-refractivity contribution is 5.98. The fourth-order valence-electron chi connectivity index (χ4n) is 3.95. The lowest BCUT2D eigenvalue weighted by molar-refractivity contribution is -0.148. The van der Waals surface area contributed by atoms with E-state index in [-0.39, 0.29) is 17.2 Å². The number of nitrogen functional groups attached to an aromatic ring is 1. The van der Waals surface area contributed by atoms with Gasteiger partial charge in [-0.2, -0.15) is 0 Å². The van der Waals surface area contributed by atoms with Crippen molar-refractivity contribution in [3.8, 4) is 11.1 Å². The summed E-state index contributed by atoms with van der Waals surface area (Å²) in [6, 6.07) is 15.7. The molecule has 0 saturated heterocycles. The molecule has 1 amide bonds. The monoisotopic (exact) mass is 320 g/mol. The highest BCUT2D eigenvalue weighted by Gasteiger charge is 2.54.